The van der Waals surface area contributed by atoms with Gasteiger partial charge in [0.05, 0.1) is 5.02 Å². The normalized spacial score (nSPS) is 18.7. The number of nitrogens with zero attached hydrogens (tertiary/aromatic N) is 2. The van der Waals surface area contributed by atoms with Crippen LogP contribution in [0.15, 0.2) is 40.9 Å². The van der Waals surface area contributed by atoms with E-state index in [9.17, 15) is 9.59 Å². The number of aryl methyl sites for hydroxylation is 1. The maximum atomic E-state index is 13.1. The fraction of sp³-hybridized carbons (Fsp3) is 0.375. The Morgan fingerprint density at radius 2 is 1.84 bits per heavy atom. The number of carbonyl (C=O) groups excluding carboxylic acids is 2. The first-order chi connectivity index (χ1) is 15.3. The number of benzene rings is 1. The number of hydrogen-bond acceptors (Lipinski definition) is 5. The van der Waals surface area contributed by atoms with E-state index in [0.29, 0.717) is 33.5 Å². The summed E-state index contributed by atoms with van der Waals surface area (Å²) in [7, 11) is 4.15. The number of furan rings is 1. The molecule has 0 radical (unpaired) electrons. The molecule has 168 valence electrons. The van der Waals surface area contributed by atoms with Crippen LogP contribution in [0.25, 0.3) is 11.0 Å². The van der Waals surface area contributed by atoms with Crippen LogP contribution in [0.1, 0.15) is 41.8 Å². The Morgan fingerprint density at radius 3 is 2.50 bits per heavy atom. The first kappa shape index (κ1) is 22.3. The lowest BCUT2D eigenvalue weighted by Crippen LogP contribution is -2.35. The van der Waals surface area contributed by atoms with Crippen LogP contribution in [0.4, 0.5) is 11.5 Å². The molecule has 1 saturated carbocycles. The summed E-state index contributed by atoms with van der Waals surface area (Å²) >= 11 is 5.87. The molecule has 2 aromatic heterocycles. The van der Waals surface area contributed by atoms with E-state index < -0.39 is 5.91 Å². The molecule has 3 aromatic rings. The van der Waals surface area contributed by atoms with Crippen LogP contribution in [0.3, 0.4) is 0 Å². The number of halogens is 1. The minimum absolute atomic E-state index is 0.0568. The van der Waals surface area contributed by atoms with Gasteiger partial charge >= 0.3 is 0 Å². The maximum absolute atomic E-state index is 13.1. The molecule has 0 saturated heterocycles. The van der Waals surface area contributed by atoms with Crippen molar-refractivity contribution in [3.8, 4) is 0 Å². The monoisotopic (exact) mass is 454 g/mol. The predicted octanol–water partition coefficient (Wildman–Crippen LogP) is 5.10. The molecular formula is C24H27ClN4O3. The fourth-order valence-electron chi connectivity index (χ4n) is 4.25. The quantitative estimate of drug-likeness (QED) is 0.560. The maximum Gasteiger partial charge on any atom is 0.294 e. The third-order valence-electron chi connectivity index (χ3n) is 6.13. The molecular weight excluding hydrogens is 428 g/mol. The predicted molar refractivity (Wildman–Crippen MR) is 126 cm³/mol. The lowest BCUT2D eigenvalue weighted by atomic mass is 9.85. The standard InChI is InChI=1S/C24H27ClN4O3/c1-14-5-4-6-18-20(28-23(30)15-7-10-17(11-8-15)29(2)3)22(32-21(14)18)24(31)27-19-12-9-16(25)13-26-19/h4-6,9,12-13,15,17H,7-8,10-11H2,1-3H3,(H,28,30)(H,26,27,31)/t15-,17-. The summed E-state index contributed by atoms with van der Waals surface area (Å²) in [6.45, 7) is 1.91. The van der Waals surface area contributed by atoms with Gasteiger partial charge in [0, 0.05) is 23.5 Å². The highest BCUT2D eigenvalue weighted by Crippen LogP contribution is 2.35. The number of pyridine rings is 1. The Kier molecular flexibility index (Phi) is 6.48. The van der Waals surface area contributed by atoms with Gasteiger partial charge in [0.1, 0.15) is 17.1 Å². The van der Waals surface area contributed by atoms with Crippen molar-refractivity contribution in [2.45, 2.75) is 38.6 Å². The van der Waals surface area contributed by atoms with Crippen molar-refractivity contribution < 1.29 is 14.0 Å². The first-order valence-corrected chi connectivity index (χ1v) is 11.1. The number of amides is 2. The molecule has 0 aliphatic heterocycles. The second-order valence-electron chi connectivity index (χ2n) is 8.53. The Balaban J connectivity index is 1.60. The van der Waals surface area contributed by atoms with Gasteiger partial charge in [0.25, 0.3) is 5.91 Å². The molecule has 0 bridgehead atoms. The molecule has 0 spiro atoms. The number of rotatable bonds is 5. The zero-order chi connectivity index (χ0) is 22.8. The SMILES string of the molecule is Cc1cccc2c(NC(=O)[C@H]3CC[C@H](N(C)C)CC3)c(C(=O)Nc3ccc(Cl)cn3)oc12. The average Bonchev–Trinajstić information content (AvgIpc) is 3.15. The van der Waals surface area contributed by atoms with Crippen molar-refractivity contribution in [3.05, 3.63) is 52.9 Å². The summed E-state index contributed by atoms with van der Waals surface area (Å²) < 4.78 is 5.94. The van der Waals surface area contributed by atoms with Crippen molar-refractivity contribution in [2.75, 3.05) is 24.7 Å². The van der Waals surface area contributed by atoms with Crippen LogP contribution in [0, 0.1) is 12.8 Å². The van der Waals surface area contributed by atoms with Crippen LogP contribution in [0.2, 0.25) is 5.02 Å². The largest absolute Gasteiger partial charge is 0.448 e. The van der Waals surface area contributed by atoms with Crippen LogP contribution < -0.4 is 10.6 Å². The second-order valence-corrected chi connectivity index (χ2v) is 8.97. The smallest absolute Gasteiger partial charge is 0.294 e. The molecule has 1 aliphatic carbocycles. The molecule has 7 nitrogen and oxygen atoms in total. The Bertz CT molecular complexity index is 1130. The molecule has 0 atom stereocenters. The molecule has 0 unspecified atom stereocenters. The fourth-order valence-corrected chi connectivity index (χ4v) is 4.36. The summed E-state index contributed by atoms with van der Waals surface area (Å²) in [5.74, 6) is -0.251. The van der Waals surface area contributed by atoms with E-state index >= 15 is 0 Å². The van der Waals surface area contributed by atoms with Gasteiger partial charge in [-0.15, -0.1) is 0 Å². The van der Waals surface area contributed by atoms with Gasteiger partial charge in [0.15, 0.2) is 0 Å². The first-order valence-electron chi connectivity index (χ1n) is 10.8. The van der Waals surface area contributed by atoms with Crippen molar-refractivity contribution in [3.63, 3.8) is 0 Å². The summed E-state index contributed by atoms with van der Waals surface area (Å²) in [4.78, 5) is 32.5. The molecule has 1 aromatic carbocycles. The van der Waals surface area contributed by atoms with E-state index in [-0.39, 0.29) is 17.6 Å². The van der Waals surface area contributed by atoms with Gasteiger partial charge in [-0.3, -0.25) is 9.59 Å². The third-order valence-corrected chi connectivity index (χ3v) is 6.36. The van der Waals surface area contributed by atoms with E-state index in [2.05, 4.69) is 34.6 Å². The van der Waals surface area contributed by atoms with Gasteiger partial charge in [-0.05, 0) is 70.5 Å². The zero-order valence-electron chi connectivity index (χ0n) is 18.4. The van der Waals surface area contributed by atoms with E-state index in [1.165, 1.54) is 6.20 Å². The number of hydrogen-bond donors (Lipinski definition) is 2. The topological polar surface area (TPSA) is 87.5 Å². The average molecular weight is 455 g/mol. The van der Waals surface area contributed by atoms with Crippen molar-refractivity contribution in [1.29, 1.82) is 0 Å². The number of para-hydroxylation sites is 1. The van der Waals surface area contributed by atoms with E-state index in [1.807, 2.05) is 25.1 Å². The van der Waals surface area contributed by atoms with E-state index in [1.54, 1.807) is 12.1 Å². The zero-order valence-corrected chi connectivity index (χ0v) is 19.2. The highest BCUT2D eigenvalue weighted by Gasteiger charge is 2.30. The number of carbonyl (C=O) groups is 2. The summed E-state index contributed by atoms with van der Waals surface area (Å²) in [5.41, 5.74) is 1.86. The third kappa shape index (κ3) is 4.64. The number of nitrogens with one attached hydrogen (secondary N) is 2. The molecule has 4 rings (SSSR count). The summed E-state index contributed by atoms with van der Waals surface area (Å²) in [5, 5.41) is 6.89. The van der Waals surface area contributed by atoms with Crippen LogP contribution in [-0.2, 0) is 4.79 Å². The highest BCUT2D eigenvalue weighted by molar-refractivity contribution is 6.30. The van der Waals surface area contributed by atoms with E-state index in [4.69, 9.17) is 16.0 Å². The van der Waals surface area contributed by atoms with Gasteiger partial charge in [-0.25, -0.2) is 4.98 Å². The Labute approximate surface area is 192 Å². The van der Waals surface area contributed by atoms with Gasteiger partial charge in [0.2, 0.25) is 11.7 Å². The number of aromatic nitrogens is 1. The van der Waals surface area contributed by atoms with Crippen molar-refractivity contribution in [2.24, 2.45) is 5.92 Å². The molecule has 8 heteroatoms. The number of anilines is 2. The number of fused-ring (bicyclic) bond motifs is 1. The summed E-state index contributed by atoms with van der Waals surface area (Å²) in [6, 6.07) is 9.39. The van der Waals surface area contributed by atoms with Crippen LogP contribution in [-0.4, -0.2) is 41.8 Å². The Hall–Kier alpha value is -2.90. The van der Waals surface area contributed by atoms with Gasteiger partial charge < -0.3 is 20.0 Å². The molecule has 2 N–H and O–H groups in total. The molecule has 1 fully saturated rings. The van der Waals surface area contributed by atoms with Crippen molar-refractivity contribution in [1.82, 2.24) is 9.88 Å². The minimum atomic E-state index is -0.484. The minimum Gasteiger partial charge on any atom is -0.448 e. The van der Waals surface area contributed by atoms with Crippen molar-refractivity contribution >= 4 is 45.9 Å². The van der Waals surface area contributed by atoms with Gasteiger partial charge in [-0.2, -0.15) is 0 Å². The highest BCUT2D eigenvalue weighted by atomic mass is 35.5. The van der Waals surface area contributed by atoms with Gasteiger partial charge in [-0.1, -0.05) is 23.7 Å². The lowest BCUT2D eigenvalue weighted by molar-refractivity contribution is -0.121. The molecule has 32 heavy (non-hydrogen) atoms. The Morgan fingerprint density at radius 1 is 1.09 bits per heavy atom. The lowest BCUT2D eigenvalue weighted by Gasteiger charge is -2.31. The molecule has 2 heterocycles. The summed E-state index contributed by atoms with van der Waals surface area (Å²) in [6.07, 6.45) is 5.05. The van der Waals surface area contributed by atoms with E-state index in [0.717, 1.165) is 31.2 Å². The van der Waals surface area contributed by atoms with Crippen LogP contribution >= 0.6 is 11.6 Å². The second kappa shape index (κ2) is 9.30. The van der Waals surface area contributed by atoms with Crippen LogP contribution in [0.5, 0.6) is 0 Å². The molecule has 2 amide bonds. The molecule has 1 aliphatic rings.